The minimum absolute atomic E-state index is 0.0260. The number of rotatable bonds is 9. The molecule has 1 aromatic rings. The Bertz CT molecular complexity index is 1270. The lowest BCUT2D eigenvalue weighted by atomic mass is 9.70. The van der Waals surface area contributed by atoms with Gasteiger partial charge in [-0.05, 0) is 62.6 Å². The van der Waals surface area contributed by atoms with E-state index >= 15 is 0 Å². The third kappa shape index (κ3) is 6.04. The Kier molecular flexibility index (Phi) is 8.92. The number of unbranched alkanes of at least 4 members (excludes halogenated alkanes) is 1. The summed E-state index contributed by atoms with van der Waals surface area (Å²) in [5.74, 6) is 0.211. The average molecular weight is 597 g/mol. The van der Waals surface area contributed by atoms with E-state index in [9.17, 15) is 26.4 Å². The van der Waals surface area contributed by atoms with Crippen molar-refractivity contribution in [3.63, 3.8) is 0 Å². The Morgan fingerprint density at radius 2 is 1.52 bits per heavy atom. The van der Waals surface area contributed by atoms with E-state index in [0.717, 1.165) is 56.6 Å². The maximum Gasteiger partial charge on any atom is 0.249 e. The van der Waals surface area contributed by atoms with Crippen LogP contribution in [0.15, 0.2) is 24.3 Å². The van der Waals surface area contributed by atoms with Gasteiger partial charge in [-0.25, -0.2) is 16.8 Å². The average Bonchev–Trinajstić information content (AvgIpc) is 2.89. The van der Waals surface area contributed by atoms with Crippen molar-refractivity contribution in [3.05, 3.63) is 29.8 Å². The third-order valence-corrected chi connectivity index (χ3v) is 12.2. The van der Waals surface area contributed by atoms with Crippen LogP contribution in [-0.2, 0) is 36.2 Å². The van der Waals surface area contributed by atoms with E-state index in [1.807, 2.05) is 11.8 Å². The van der Waals surface area contributed by atoms with E-state index < -0.39 is 31.1 Å². The molecule has 1 aromatic carbocycles. The second-order valence-corrected chi connectivity index (χ2v) is 15.9. The Morgan fingerprint density at radius 1 is 0.950 bits per heavy atom. The molecule has 3 fully saturated rings. The van der Waals surface area contributed by atoms with Gasteiger partial charge in [-0.15, -0.1) is 0 Å². The zero-order valence-corrected chi connectivity index (χ0v) is 25.8. The van der Waals surface area contributed by atoms with Crippen molar-refractivity contribution in [1.29, 1.82) is 0 Å². The molecule has 3 aliphatic rings. The minimum Gasteiger partial charge on any atom is -0.340 e. The maximum atomic E-state index is 14.1. The normalized spacial score (nSPS) is 24.8. The number of likely N-dealkylation sites (tertiary alicyclic amines) is 1. The molecule has 2 heterocycles. The van der Waals surface area contributed by atoms with E-state index in [4.69, 9.17) is 0 Å². The van der Waals surface area contributed by atoms with E-state index in [2.05, 4.69) is 17.1 Å². The standard InChI is InChI=1S/C28H44N4O6S2/c1-5-6-18-31-26(34)27(2,23-10-8-7-9-11-23)29-25(33)28(31)16-19-30(20-17-28)21-22-12-14-24(15-13-22)32(39(3,35)36)40(4,37)38/h12-15,23H,5-11,16-21H2,1-4H3,(H,29,33)/t27-/m0/s1. The van der Waals surface area contributed by atoms with Crippen molar-refractivity contribution in [2.45, 2.75) is 89.3 Å². The van der Waals surface area contributed by atoms with Crippen LogP contribution in [0.1, 0.15) is 77.2 Å². The quantitative estimate of drug-likeness (QED) is 0.465. The number of nitrogens with one attached hydrogen (secondary N) is 1. The minimum atomic E-state index is -4.00. The summed E-state index contributed by atoms with van der Waals surface area (Å²) in [6, 6.07) is 6.44. The van der Waals surface area contributed by atoms with Crippen molar-refractivity contribution in [1.82, 2.24) is 15.1 Å². The Labute approximate surface area is 239 Å². The molecule has 1 aliphatic carbocycles. The molecule has 1 saturated carbocycles. The zero-order valence-electron chi connectivity index (χ0n) is 24.2. The number of piperazine rings is 1. The summed E-state index contributed by atoms with van der Waals surface area (Å²) < 4.78 is 48.7. The summed E-state index contributed by atoms with van der Waals surface area (Å²) in [6.45, 7) is 6.44. The fourth-order valence-corrected chi connectivity index (χ4v) is 9.76. The Balaban J connectivity index is 1.48. The van der Waals surface area contributed by atoms with Crippen LogP contribution in [0.3, 0.4) is 0 Å². The van der Waals surface area contributed by atoms with Gasteiger partial charge in [0.05, 0.1) is 18.2 Å². The van der Waals surface area contributed by atoms with Gasteiger partial charge in [0.25, 0.3) is 0 Å². The zero-order chi connectivity index (χ0) is 29.3. The summed E-state index contributed by atoms with van der Waals surface area (Å²) in [5.41, 5.74) is -0.720. The second kappa shape index (κ2) is 11.6. The fourth-order valence-electron chi connectivity index (χ4n) is 6.78. The lowest BCUT2D eigenvalue weighted by Gasteiger charge is -2.56. The van der Waals surface area contributed by atoms with Gasteiger partial charge in [-0.2, -0.15) is 3.71 Å². The number of hydrogen-bond donors (Lipinski definition) is 1. The molecular weight excluding hydrogens is 552 g/mol. The van der Waals surface area contributed by atoms with Crippen molar-refractivity contribution < 1.29 is 26.4 Å². The summed E-state index contributed by atoms with van der Waals surface area (Å²) >= 11 is 0. The molecule has 2 amide bonds. The molecule has 2 saturated heterocycles. The molecule has 0 radical (unpaired) electrons. The number of hydrogen-bond acceptors (Lipinski definition) is 7. The predicted molar refractivity (Wildman–Crippen MR) is 156 cm³/mol. The first-order valence-corrected chi connectivity index (χ1v) is 18.1. The molecule has 2 aliphatic heterocycles. The van der Waals surface area contributed by atoms with Gasteiger partial charge in [-0.1, -0.05) is 44.7 Å². The predicted octanol–water partition coefficient (Wildman–Crippen LogP) is 2.84. The first-order valence-electron chi connectivity index (χ1n) is 14.4. The lowest BCUT2D eigenvalue weighted by Crippen LogP contribution is -2.78. The summed E-state index contributed by atoms with van der Waals surface area (Å²) in [4.78, 5) is 32.1. The van der Waals surface area contributed by atoms with Crippen molar-refractivity contribution >= 4 is 37.5 Å². The van der Waals surface area contributed by atoms with Crippen LogP contribution in [0.2, 0.25) is 0 Å². The molecule has 0 bridgehead atoms. The summed E-state index contributed by atoms with van der Waals surface area (Å²) in [6.07, 6.45) is 9.93. The van der Waals surface area contributed by atoms with E-state index in [1.54, 1.807) is 12.1 Å². The molecule has 224 valence electrons. The molecule has 10 nitrogen and oxygen atoms in total. The molecule has 4 rings (SSSR count). The van der Waals surface area contributed by atoms with Crippen LogP contribution in [0.4, 0.5) is 5.69 Å². The van der Waals surface area contributed by atoms with E-state index in [0.29, 0.717) is 42.7 Å². The van der Waals surface area contributed by atoms with Crippen LogP contribution in [-0.4, -0.2) is 81.7 Å². The number of benzene rings is 1. The number of nitrogens with zero attached hydrogens (tertiary/aromatic N) is 3. The number of anilines is 1. The maximum absolute atomic E-state index is 14.1. The molecule has 1 N–H and O–H groups in total. The van der Waals surface area contributed by atoms with Gasteiger partial charge in [0.15, 0.2) is 0 Å². The molecule has 0 unspecified atom stereocenters. The number of piperidine rings is 1. The SMILES string of the molecule is CCCCN1C(=O)[C@](C)(C2CCCCC2)NC(=O)C12CCN(Cc1ccc(N(S(C)(=O)=O)S(C)(=O)=O)cc1)CC2. The lowest BCUT2D eigenvalue weighted by molar-refractivity contribution is -0.169. The van der Waals surface area contributed by atoms with Gasteiger partial charge >= 0.3 is 0 Å². The van der Waals surface area contributed by atoms with Crippen molar-refractivity contribution in [3.8, 4) is 0 Å². The second-order valence-electron chi connectivity index (χ2n) is 12.0. The topological polar surface area (TPSA) is 124 Å². The van der Waals surface area contributed by atoms with Crippen LogP contribution in [0.25, 0.3) is 0 Å². The van der Waals surface area contributed by atoms with Gasteiger partial charge in [0, 0.05) is 26.2 Å². The molecule has 1 spiro atoms. The van der Waals surface area contributed by atoms with E-state index in [1.165, 1.54) is 18.6 Å². The number of carbonyl (C=O) groups is 2. The largest absolute Gasteiger partial charge is 0.340 e. The van der Waals surface area contributed by atoms with Crippen LogP contribution in [0, 0.1) is 5.92 Å². The van der Waals surface area contributed by atoms with Crippen LogP contribution < -0.4 is 9.03 Å². The Hall–Kier alpha value is -2.18. The van der Waals surface area contributed by atoms with Crippen LogP contribution >= 0.6 is 0 Å². The molecule has 0 aromatic heterocycles. The number of amides is 2. The fraction of sp³-hybridized carbons (Fsp3) is 0.714. The third-order valence-electron chi connectivity index (χ3n) is 9.00. The summed E-state index contributed by atoms with van der Waals surface area (Å²) in [5, 5.41) is 3.23. The van der Waals surface area contributed by atoms with Gasteiger partial charge in [-0.3, -0.25) is 14.5 Å². The Morgan fingerprint density at radius 3 is 2.05 bits per heavy atom. The summed E-state index contributed by atoms with van der Waals surface area (Å²) in [7, 11) is -8.01. The highest BCUT2D eigenvalue weighted by atomic mass is 32.3. The molecule has 40 heavy (non-hydrogen) atoms. The van der Waals surface area contributed by atoms with Gasteiger partial charge in [0.2, 0.25) is 31.9 Å². The van der Waals surface area contributed by atoms with Crippen molar-refractivity contribution in [2.24, 2.45) is 5.92 Å². The van der Waals surface area contributed by atoms with Gasteiger partial charge < -0.3 is 10.2 Å². The smallest absolute Gasteiger partial charge is 0.249 e. The van der Waals surface area contributed by atoms with Gasteiger partial charge in [0.1, 0.15) is 11.1 Å². The first-order chi connectivity index (χ1) is 18.7. The highest BCUT2D eigenvalue weighted by Gasteiger charge is 2.59. The molecular formula is C28H44N4O6S2. The highest BCUT2D eigenvalue weighted by Crippen LogP contribution is 2.41. The molecule has 12 heteroatoms. The van der Waals surface area contributed by atoms with Crippen LogP contribution in [0.5, 0.6) is 0 Å². The molecule has 1 atom stereocenters. The van der Waals surface area contributed by atoms with Crippen molar-refractivity contribution in [2.75, 3.05) is 35.9 Å². The monoisotopic (exact) mass is 596 g/mol. The number of carbonyl (C=O) groups excluding carboxylic acids is 2. The number of sulfonamides is 2. The first kappa shape index (κ1) is 30.8. The highest BCUT2D eigenvalue weighted by molar-refractivity contribution is 8.09. The van der Waals surface area contributed by atoms with E-state index in [-0.39, 0.29) is 23.4 Å².